The van der Waals surface area contributed by atoms with Gasteiger partial charge in [-0.2, -0.15) is 0 Å². The summed E-state index contributed by atoms with van der Waals surface area (Å²) in [6.45, 7) is 0. The molecule has 0 heterocycles. The molecule has 1 heteroatoms. The van der Waals surface area contributed by atoms with E-state index in [1.165, 1.54) is 43.3 Å². The molecular formula is C19H16Si. The van der Waals surface area contributed by atoms with Crippen LogP contribution in [0, 0.1) is 0 Å². The Morgan fingerprint density at radius 3 is 2.35 bits per heavy atom. The third-order valence-electron chi connectivity index (χ3n) is 4.22. The molecule has 1 aliphatic carbocycles. The van der Waals surface area contributed by atoms with E-state index >= 15 is 0 Å². The van der Waals surface area contributed by atoms with Crippen LogP contribution in [0.2, 0.25) is 0 Å². The van der Waals surface area contributed by atoms with Gasteiger partial charge in [0, 0.05) is 10.2 Å². The SMILES string of the molecule is [SiH3]C1C=C(c2ccccc2)c2c1ccc1ccccc21. The minimum atomic E-state index is 0.629. The summed E-state index contributed by atoms with van der Waals surface area (Å²) in [5, 5.41) is 2.72. The van der Waals surface area contributed by atoms with E-state index in [4.69, 9.17) is 0 Å². The molecule has 0 bridgehead atoms. The highest BCUT2D eigenvalue weighted by Gasteiger charge is 2.22. The van der Waals surface area contributed by atoms with Crippen molar-refractivity contribution in [3.63, 3.8) is 0 Å². The zero-order chi connectivity index (χ0) is 13.5. The third kappa shape index (κ3) is 1.67. The molecule has 1 unspecified atom stereocenters. The molecule has 0 saturated carbocycles. The smallest absolute Gasteiger partial charge is 0.0171 e. The summed E-state index contributed by atoms with van der Waals surface area (Å²) in [5.74, 6) is 0. The minimum absolute atomic E-state index is 0.629. The predicted molar refractivity (Wildman–Crippen MR) is 90.1 cm³/mol. The Hall–Kier alpha value is -2.12. The molecule has 0 saturated heterocycles. The second-order valence-corrected chi connectivity index (χ2v) is 6.73. The van der Waals surface area contributed by atoms with Gasteiger partial charge in [0.05, 0.1) is 0 Å². The Balaban J connectivity index is 2.04. The van der Waals surface area contributed by atoms with Crippen LogP contribution in [-0.2, 0) is 0 Å². The van der Waals surface area contributed by atoms with E-state index in [1.54, 1.807) is 0 Å². The number of benzene rings is 3. The summed E-state index contributed by atoms with van der Waals surface area (Å²) >= 11 is 0. The van der Waals surface area contributed by atoms with Gasteiger partial charge in [-0.3, -0.25) is 0 Å². The average Bonchev–Trinajstić information content (AvgIpc) is 2.86. The number of hydrogen-bond acceptors (Lipinski definition) is 0. The second-order valence-electron chi connectivity index (χ2n) is 5.49. The van der Waals surface area contributed by atoms with Crippen molar-refractivity contribution in [1.82, 2.24) is 0 Å². The lowest BCUT2D eigenvalue weighted by Crippen LogP contribution is -1.93. The van der Waals surface area contributed by atoms with Crippen LogP contribution in [0.25, 0.3) is 16.3 Å². The summed E-state index contributed by atoms with van der Waals surface area (Å²) in [6.07, 6.45) is 2.46. The Kier molecular flexibility index (Phi) is 2.61. The Morgan fingerprint density at radius 1 is 0.750 bits per heavy atom. The first-order valence-corrected chi connectivity index (χ1v) is 8.29. The maximum atomic E-state index is 2.46. The van der Waals surface area contributed by atoms with E-state index in [-0.39, 0.29) is 0 Å². The zero-order valence-corrected chi connectivity index (χ0v) is 13.5. The summed E-state index contributed by atoms with van der Waals surface area (Å²) < 4.78 is 0. The van der Waals surface area contributed by atoms with Gasteiger partial charge >= 0.3 is 0 Å². The molecule has 0 aliphatic heterocycles. The molecule has 20 heavy (non-hydrogen) atoms. The number of hydrogen-bond donors (Lipinski definition) is 0. The third-order valence-corrected chi connectivity index (χ3v) is 5.18. The lowest BCUT2D eigenvalue weighted by molar-refractivity contribution is 1.26. The molecule has 0 fully saturated rings. The van der Waals surface area contributed by atoms with Gasteiger partial charge in [-0.1, -0.05) is 72.8 Å². The van der Waals surface area contributed by atoms with Crippen molar-refractivity contribution in [2.75, 3.05) is 0 Å². The quantitative estimate of drug-likeness (QED) is 0.593. The summed E-state index contributed by atoms with van der Waals surface area (Å²) in [4.78, 5) is 0. The van der Waals surface area contributed by atoms with Gasteiger partial charge in [0.15, 0.2) is 0 Å². The maximum Gasteiger partial charge on any atom is 0.0171 e. The Labute approximate surface area is 122 Å². The van der Waals surface area contributed by atoms with Gasteiger partial charge in [0.25, 0.3) is 0 Å². The standard InChI is InChI=1S/C19H16Si/c20-18-12-17(13-6-2-1-3-7-13)19-15-9-5-4-8-14(15)10-11-16(18)19/h1-12,18H,20H3. The van der Waals surface area contributed by atoms with Gasteiger partial charge in [-0.25, -0.2) is 0 Å². The fourth-order valence-electron chi connectivity index (χ4n) is 3.25. The predicted octanol–water partition coefficient (Wildman–Crippen LogP) is 3.69. The molecule has 0 spiro atoms. The van der Waals surface area contributed by atoms with E-state index in [1.807, 2.05) is 0 Å². The van der Waals surface area contributed by atoms with E-state index in [9.17, 15) is 0 Å². The summed E-state index contributed by atoms with van der Waals surface area (Å²) in [7, 11) is 1.17. The van der Waals surface area contributed by atoms with Crippen LogP contribution in [-0.4, -0.2) is 10.2 Å². The van der Waals surface area contributed by atoms with Crippen molar-refractivity contribution in [2.45, 2.75) is 5.54 Å². The van der Waals surface area contributed by atoms with E-state index in [2.05, 4.69) is 72.8 Å². The molecule has 0 amide bonds. The fraction of sp³-hybridized carbons (Fsp3) is 0.0526. The number of allylic oxidation sites excluding steroid dienone is 1. The molecule has 0 N–H and O–H groups in total. The second kappa shape index (κ2) is 4.46. The van der Waals surface area contributed by atoms with Crippen LogP contribution >= 0.6 is 0 Å². The Bertz CT molecular complexity index is 816. The van der Waals surface area contributed by atoms with Crippen LogP contribution in [0.15, 0.2) is 72.8 Å². The Morgan fingerprint density at radius 2 is 1.50 bits per heavy atom. The lowest BCUT2D eigenvalue weighted by Gasteiger charge is -2.11. The first kappa shape index (κ1) is 11.7. The molecule has 1 atom stereocenters. The van der Waals surface area contributed by atoms with Gasteiger partial charge in [-0.05, 0) is 38.6 Å². The molecule has 3 aromatic rings. The molecule has 96 valence electrons. The topological polar surface area (TPSA) is 0 Å². The highest BCUT2D eigenvalue weighted by atomic mass is 28.1. The first-order chi connectivity index (χ1) is 9.84. The molecule has 3 aromatic carbocycles. The van der Waals surface area contributed by atoms with Gasteiger partial charge in [0.2, 0.25) is 0 Å². The zero-order valence-electron chi connectivity index (χ0n) is 11.5. The minimum Gasteiger partial charge on any atom is -0.0722 e. The first-order valence-electron chi connectivity index (χ1n) is 7.14. The van der Waals surface area contributed by atoms with Crippen LogP contribution in [0.4, 0.5) is 0 Å². The molecule has 0 nitrogen and oxygen atoms in total. The highest BCUT2D eigenvalue weighted by Crippen LogP contribution is 2.41. The lowest BCUT2D eigenvalue weighted by atomic mass is 9.94. The van der Waals surface area contributed by atoms with Gasteiger partial charge in [-0.15, -0.1) is 0 Å². The molecule has 1 aliphatic rings. The van der Waals surface area contributed by atoms with Crippen LogP contribution in [0.5, 0.6) is 0 Å². The van der Waals surface area contributed by atoms with E-state index < -0.39 is 0 Å². The molecule has 0 radical (unpaired) electrons. The molecular weight excluding hydrogens is 256 g/mol. The highest BCUT2D eigenvalue weighted by molar-refractivity contribution is 6.18. The van der Waals surface area contributed by atoms with E-state index in [0.29, 0.717) is 5.54 Å². The monoisotopic (exact) mass is 272 g/mol. The van der Waals surface area contributed by atoms with E-state index in [0.717, 1.165) is 0 Å². The summed E-state index contributed by atoms with van der Waals surface area (Å²) in [6, 6.07) is 24.1. The molecule has 4 rings (SSSR count). The van der Waals surface area contributed by atoms with Crippen molar-refractivity contribution >= 4 is 26.6 Å². The maximum absolute atomic E-state index is 2.46. The van der Waals surface area contributed by atoms with Gasteiger partial charge < -0.3 is 0 Å². The normalized spacial score (nSPS) is 17.2. The average molecular weight is 272 g/mol. The van der Waals surface area contributed by atoms with Crippen LogP contribution in [0.3, 0.4) is 0 Å². The van der Waals surface area contributed by atoms with Crippen molar-refractivity contribution in [2.24, 2.45) is 0 Å². The fourth-order valence-corrected chi connectivity index (χ4v) is 4.06. The van der Waals surface area contributed by atoms with Crippen molar-refractivity contribution in [3.8, 4) is 0 Å². The largest absolute Gasteiger partial charge is 0.0722 e. The van der Waals surface area contributed by atoms with Crippen molar-refractivity contribution in [3.05, 3.63) is 89.5 Å². The van der Waals surface area contributed by atoms with Crippen molar-refractivity contribution in [1.29, 1.82) is 0 Å². The number of fused-ring (bicyclic) bond motifs is 3. The van der Waals surface area contributed by atoms with Crippen molar-refractivity contribution < 1.29 is 0 Å². The summed E-state index contributed by atoms with van der Waals surface area (Å²) in [5.41, 5.74) is 6.34. The van der Waals surface area contributed by atoms with Gasteiger partial charge in [0.1, 0.15) is 0 Å². The van der Waals surface area contributed by atoms with Crippen LogP contribution < -0.4 is 0 Å². The number of rotatable bonds is 1. The van der Waals surface area contributed by atoms with Crippen LogP contribution in [0.1, 0.15) is 22.2 Å². The molecule has 0 aromatic heterocycles.